The van der Waals surface area contributed by atoms with Gasteiger partial charge in [-0.15, -0.1) is 0 Å². The summed E-state index contributed by atoms with van der Waals surface area (Å²) in [6.45, 7) is 9.17. The highest BCUT2D eigenvalue weighted by molar-refractivity contribution is 6.31. The molecule has 14 heavy (non-hydrogen) atoms. The minimum atomic E-state index is 0.836. The molecule has 1 aromatic carbocycles. The molecule has 0 radical (unpaired) electrons. The fourth-order valence-electron chi connectivity index (χ4n) is 1.05. The molecule has 0 N–H and O–H groups in total. The van der Waals surface area contributed by atoms with Gasteiger partial charge in [0, 0.05) is 24.3 Å². The van der Waals surface area contributed by atoms with Gasteiger partial charge in [0.1, 0.15) is 0 Å². The van der Waals surface area contributed by atoms with E-state index in [0.717, 1.165) is 17.1 Å². The SMILES string of the molecule is CC.CCN(C)c1ccc(Cl)c(C)c1. The zero-order valence-corrected chi connectivity index (χ0v) is 10.5. The fraction of sp³-hybridized carbons (Fsp3) is 0.500. The van der Waals surface area contributed by atoms with E-state index in [1.165, 1.54) is 5.69 Å². The van der Waals surface area contributed by atoms with Crippen LogP contribution in [0.2, 0.25) is 5.02 Å². The van der Waals surface area contributed by atoms with E-state index in [1.54, 1.807) is 0 Å². The average molecular weight is 214 g/mol. The third-order valence-corrected chi connectivity index (χ3v) is 2.48. The molecule has 0 bridgehead atoms. The summed E-state index contributed by atoms with van der Waals surface area (Å²) in [5.74, 6) is 0. The van der Waals surface area contributed by atoms with Crippen molar-refractivity contribution in [3.05, 3.63) is 28.8 Å². The van der Waals surface area contributed by atoms with Crippen LogP contribution in [0.1, 0.15) is 26.3 Å². The summed E-state index contributed by atoms with van der Waals surface area (Å²) in [4.78, 5) is 2.18. The van der Waals surface area contributed by atoms with E-state index in [0.29, 0.717) is 0 Å². The van der Waals surface area contributed by atoms with Gasteiger partial charge >= 0.3 is 0 Å². The Labute approximate surface area is 92.7 Å². The molecule has 0 fully saturated rings. The highest BCUT2D eigenvalue weighted by atomic mass is 35.5. The van der Waals surface area contributed by atoms with Gasteiger partial charge in [-0.25, -0.2) is 0 Å². The number of hydrogen-bond acceptors (Lipinski definition) is 1. The van der Waals surface area contributed by atoms with Crippen molar-refractivity contribution in [1.82, 2.24) is 0 Å². The first kappa shape index (κ1) is 13.3. The van der Waals surface area contributed by atoms with Crippen LogP contribution in [0.15, 0.2) is 18.2 Å². The van der Waals surface area contributed by atoms with Crippen LogP contribution in [0, 0.1) is 6.92 Å². The molecule has 1 rings (SSSR count). The van der Waals surface area contributed by atoms with Gasteiger partial charge in [-0.05, 0) is 37.6 Å². The number of nitrogens with zero attached hydrogens (tertiary/aromatic N) is 1. The third-order valence-electron chi connectivity index (χ3n) is 2.06. The number of aryl methyl sites for hydroxylation is 1. The molecule has 0 atom stereocenters. The fourth-order valence-corrected chi connectivity index (χ4v) is 1.17. The monoisotopic (exact) mass is 213 g/mol. The second kappa shape index (κ2) is 6.72. The van der Waals surface area contributed by atoms with Crippen molar-refractivity contribution in [2.75, 3.05) is 18.5 Å². The third kappa shape index (κ3) is 3.59. The Bertz CT molecular complexity index is 271. The van der Waals surface area contributed by atoms with Gasteiger partial charge in [-0.3, -0.25) is 0 Å². The van der Waals surface area contributed by atoms with Crippen molar-refractivity contribution < 1.29 is 0 Å². The van der Waals surface area contributed by atoms with Gasteiger partial charge in [0.2, 0.25) is 0 Å². The molecule has 0 unspecified atom stereocenters. The number of benzene rings is 1. The summed E-state index contributed by atoms with van der Waals surface area (Å²) in [5.41, 5.74) is 2.36. The van der Waals surface area contributed by atoms with Gasteiger partial charge in [-0.1, -0.05) is 25.4 Å². The van der Waals surface area contributed by atoms with E-state index in [4.69, 9.17) is 11.6 Å². The number of anilines is 1. The molecule has 1 aromatic rings. The molecule has 0 aliphatic rings. The largest absolute Gasteiger partial charge is 0.375 e. The Kier molecular flexibility index (Phi) is 6.39. The first-order valence-electron chi connectivity index (χ1n) is 5.12. The minimum absolute atomic E-state index is 0.836. The zero-order valence-electron chi connectivity index (χ0n) is 9.76. The van der Waals surface area contributed by atoms with Gasteiger partial charge in [0.25, 0.3) is 0 Å². The van der Waals surface area contributed by atoms with Crippen LogP contribution in [-0.2, 0) is 0 Å². The first-order valence-corrected chi connectivity index (χ1v) is 5.50. The van der Waals surface area contributed by atoms with Crippen molar-refractivity contribution in [2.24, 2.45) is 0 Å². The van der Waals surface area contributed by atoms with Crippen LogP contribution in [0.25, 0.3) is 0 Å². The van der Waals surface area contributed by atoms with Crippen LogP contribution in [-0.4, -0.2) is 13.6 Å². The minimum Gasteiger partial charge on any atom is -0.375 e. The lowest BCUT2D eigenvalue weighted by atomic mass is 10.2. The van der Waals surface area contributed by atoms with E-state index in [9.17, 15) is 0 Å². The quantitative estimate of drug-likeness (QED) is 0.714. The smallest absolute Gasteiger partial charge is 0.0436 e. The molecule has 2 heteroatoms. The van der Waals surface area contributed by atoms with Gasteiger partial charge < -0.3 is 4.90 Å². The van der Waals surface area contributed by atoms with E-state index in [-0.39, 0.29) is 0 Å². The second-order valence-corrected chi connectivity index (χ2v) is 3.35. The molecule has 0 saturated heterocycles. The van der Waals surface area contributed by atoms with E-state index in [2.05, 4.69) is 24.9 Å². The molecule has 0 saturated carbocycles. The lowest BCUT2D eigenvalue weighted by Gasteiger charge is -2.17. The van der Waals surface area contributed by atoms with Crippen molar-refractivity contribution in [1.29, 1.82) is 0 Å². The Morgan fingerprint density at radius 3 is 2.29 bits per heavy atom. The number of rotatable bonds is 2. The van der Waals surface area contributed by atoms with Gasteiger partial charge in [0.15, 0.2) is 0 Å². The molecule has 0 aliphatic heterocycles. The van der Waals surface area contributed by atoms with Crippen LogP contribution in [0.5, 0.6) is 0 Å². The maximum absolute atomic E-state index is 5.91. The molecule has 0 heterocycles. The maximum atomic E-state index is 5.91. The highest BCUT2D eigenvalue weighted by Gasteiger charge is 1.99. The van der Waals surface area contributed by atoms with Gasteiger partial charge in [0.05, 0.1) is 0 Å². The normalized spacial score (nSPS) is 9.00. The van der Waals surface area contributed by atoms with Crippen molar-refractivity contribution in [3.8, 4) is 0 Å². The Balaban J connectivity index is 0.000000791. The van der Waals surface area contributed by atoms with E-state index >= 15 is 0 Å². The highest BCUT2D eigenvalue weighted by Crippen LogP contribution is 2.21. The maximum Gasteiger partial charge on any atom is 0.0436 e. The van der Waals surface area contributed by atoms with Crippen LogP contribution in [0.4, 0.5) is 5.69 Å². The standard InChI is InChI=1S/C10H14ClN.C2H6/c1-4-12(3)9-5-6-10(11)8(2)7-9;1-2/h5-7H,4H2,1-3H3;1-2H3. The number of halogens is 1. The van der Waals surface area contributed by atoms with Gasteiger partial charge in [-0.2, -0.15) is 0 Å². The average Bonchev–Trinajstić information content (AvgIpc) is 2.24. The predicted molar refractivity (Wildman–Crippen MR) is 66.5 cm³/mol. The molecular formula is C12H20ClN. The molecule has 0 aliphatic carbocycles. The second-order valence-electron chi connectivity index (χ2n) is 2.95. The Hall–Kier alpha value is -0.690. The summed E-state index contributed by atoms with van der Waals surface area (Å²) in [6, 6.07) is 6.09. The first-order chi connectivity index (χ1) is 6.65. The summed E-state index contributed by atoms with van der Waals surface area (Å²) < 4.78 is 0. The molecular weight excluding hydrogens is 194 g/mol. The lowest BCUT2D eigenvalue weighted by Crippen LogP contribution is -2.15. The lowest BCUT2D eigenvalue weighted by molar-refractivity contribution is 0.967. The van der Waals surface area contributed by atoms with Crippen molar-refractivity contribution in [2.45, 2.75) is 27.7 Å². The molecule has 0 amide bonds. The molecule has 1 nitrogen and oxygen atoms in total. The summed E-state index contributed by atoms with van der Waals surface area (Å²) in [5, 5.41) is 0.836. The molecule has 0 aromatic heterocycles. The number of hydrogen-bond donors (Lipinski definition) is 0. The van der Waals surface area contributed by atoms with Crippen LogP contribution >= 0.6 is 11.6 Å². The molecule has 80 valence electrons. The summed E-state index contributed by atoms with van der Waals surface area (Å²) in [7, 11) is 2.07. The van der Waals surface area contributed by atoms with Crippen LogP contribution < -0.4 is 4.90 Å². The Morgan fingerprint density at radius 1 is 1.29 bits per heavy atom. The summed E-state index contributed by atoms with van der Waals surface area (Å²) in [6.07, 6.45) is 0. The van der Waals surface area contributed by atoms with Crippen LogP contribution in [0.3, 0.4) is 0 Å². The predicted octanol–water partition coefficient (Wildman–Crippen LogP) is 4.13. The van der Waals surface area contributed by atoms with E-state index in [1.807, 2.05) is 32.9 Å². The molecule has 0 spiro atoms. The topological polar surface area (TPSA) is 3.24 Å². The zero-order chi connectivity index (χ0) is 11.1. The van der Waals surface area contributed by atoms with Crippen molar-refractivity contribution in [3.63, 3.8) is 0 Å². The van der Waals surface area contributed by atoms with Crippen molar-refractivity contribution >= 4 is 17.3 Å². The summed E-state index contributed by atoms with van der Waals surface area (Å²) >= 11 is 5.91. The Morgan fingerprint density at radius 2 is 1.86 bits per heavy atom. The van der Waals surface area contributed by atoms with E-state index < -0.39 is 0 Å².